The van der Waals surface area contributed by atoms with Crippen molar-refractivity contribution in [3.8, 4) is 0 Å². The van der Waals surface area contributed by atoms with Crippen LogP contribution in [0.2, 0.25) is 5.02 Å². The summed E-state index contributed by atoms with van der Waals surface area (Å²) in [5.74, 6) is 0.998. The molecule has 0 radical (unpaired) electrons. The van der Waals surface area contributed by atoms with Crippen LogP contribution in [-0.2, 0) is 4.79 Å². The quantitative estimate of drug-likeness (QED) is 0.849. The maximum Gasteiger partial charge on any atom is 0.223 e. The standard InChI is InChI=1S/C15H20ClNO2S/c1-11(2)15(19)9-17(10-15)14(18)7-8-20-13-6-4-3-5-12(13)16/h3-6,11,19H,7-10H2,1-2H3. The van der Waals surface area contributed by atoms with Gasteiger partial charge in [0.2, 0.25) is 5.91 Å². The fourth-order valence-electron chi connectivity index (χ4n) is 2.12. The molecular formula is C15H20ClNO2S. The van der Waals surface area contributed by atoms with Gasteiger partial charge in [-0.05, 0) is 18.1 Å². The van der Waals surface area contributed by atoms with Gasteiger partial charge in [-0.3, -0.25) is 4.79 Å². The van der Waals surface area contributed by atoms with E-state index in [0.29, 0.717) is 25.3 Å². The zero-order valence-corrected chi connectivity index (χ0v) is 13.4. The van der Waals surface area contributed by atoms with E-state index in [-0.39, 0.29) is 11.8 Å². The number of aliphatic hydroxyl groups is 1. The number of likely N-dealkylation sites (tertiary alicyclic amines) is 1. The molecule has 1 amide bonds. The van der Waals surface area contributed by atoms with Crippen LogP contribution in [0.25, 0.3) is 0 Å². The van der Waals surface area contributed by atoms with Gasteiger partial charge >= 0.3 is 0 Å². The highest BCUT2D eigenvalue weighted by atomic mass is 35.5. The minimum Gasteiger partial charge on any atom is -0.386 e. The van der Waals surface area contributed by atoms with Crippen LogP contribution in [0.4, 0.5) is 0 Å². The molecule has 1 aromatic rings. The highest BCUT2D eigenvalue weighted by Crippen LogP contribution is 2.30. The number of nitrogens with zero attached hydrogens (tertiary/aromatic N) is 1. The van der Waals surface area contributed by atoms with Crippen molar-refractivity contribution in [1.29, 1.82) is 0 Å². The molecule has 1 N–H and O–H groups in total. The molecule has 110 valence electrons. The number of carbonyl (C=O) groups is 1. The maximum atomic E-state index is 12.0. The molecule has 0 spiro atoms. The molecule has 3 nitrogen and oxygen atoms in total. The molecule has 1 saturated heterocycles. The Morgan fingerprint density at radius 1 is 1.45 bits per heavy atom. The number of hydrogen-bond acceptors (Lipinski definition) is 3. The number of benzene rings is 1. The summed E-state index contributed by atoms with van der Waals surface area (Å²) in [6.07, 6.45) is 0.476. The number of carbonyl (C=O) groups excluding carboxylic acids is 1. The van der Waals surface area contributed by atoms with Crippen LogP contribution in [-0.4, -0.2) is 40.4 Å². The zero-order chi connectivity index (χ0) is 14.8. The van der Waals surface area contributed by atoms with Gasteiger partial charge in [-0.2, -0.15) is 0 Å². The normalized spacial score (nSPS) is 17.1. The van der Waals surface area contributed by atoms with Gasteiger partial charge in [-0.25, -0.2) is 0 Å². The molecule has 1 aromatic carbocycles. The van der Waals surface area contributed by atoms with Crippen LogP contribution in [0.15, 0.2) is 29.2 Å². The molecule has 0 aromatic heterocycles. The zero-order valence-electron chi connectivity index (χ0n) is 11.8. The second-order valence-corrected chi connectivity index (χ2v) is 7.08. The van der Waals surface area contributed by atoms with Gasteiger partial charge < -0.3 is 10.0 Å². The maximum absolute atomic E-state index is 12.0. The second-order valence-electron chi connectivity index (χ2n) is 5.54. The van der Waals surface area contributed by atoms with Crippen molar-refractivity contribution < 1.29 is 9.90 Å². The largest absolute Gasteiger partial charge is 0.386 e. The first kappa shape index (κ1) is 15.7. The SMILES string of the molecule is CC(C)C1(O)CN(C(=O)CCSc2ccccc2Cl)C1. The number of rotatable bonds is 5. The predicted octanol–water partition coefficient (Wildman–Crippen LogP) is 3.05. The molecule has 1 aliphatic heterocycles. The molecule has 1 heterocycles. The van der Waals surface area contributed by atoms with Crippen molar-refractivity contribution in [2.75, 3.05) is 18.8 Å². The van der Waals surface area contributed by atoms with E-state index >= 15 is 0 Å². The van der Waals surface area contributed by atoms with Gasteiger partial charge in [0.05, 0.1) is 18.1 Å². The summed E-state index contributed by atoms with van der Waals surface area (Å²) in [7, 11) is 0. The summed E-state index contributed by atoms with van der Waals surface area (Å²) < 4.78 is 0. The number of amides is 1. The van der Waals surface area contributed by atoms with Gasteiger partial charge in [0, 0.05) is 17.1 Å². The first-order valence-corrected chi connectivity index (χ1v) is 8.16. The number of β-amino-alcohol motifs (C(OH)–C–C–N with tert-alkyl or cyclic N) is 1. The summed E-state index contributed by atoms with van der Waals surface area (Å²) in [5, 5.41) is 10.9. The Morgan fingerprint density at radius 2 is 2.10 bits per heavy atom. The first-order chi connectivity index (χ1) is 9.42. The van der Waals surface area contributed by atoms with Crippen molar-refractivity contribution in [2.24, 2.45) is 5.92 Å². The lowest BCUT2D eigenvalue weighted by atomic mass is 9.83. The molecule has 0 aliphatic carbocycles. The summed E-state index contributed by atoms with van der Waals surface area (Å²) in [4.78, 5) is 14.7. The number of thioether (sulfide) groups is 1. The third-order valence-electron chi connectivity index (χ3n) is 3.77. The molecule has 2 rings (SSSR count). The topological polar surface area (TPSA) is 40.5 Å². The molecular weight excluding hydrogens is 294 g/mol. The van der Waals surface area contributed by atoms with Crippen LogP contribution in [0, 0.1) is 5.92 Å². The van der Waals surface area contributed by atoms with Gasteiger partial charge in [0.1, 0.15) is 5.60 Å². The van der Waals surface area contributed by atoms with Crippen LogP contribution in [0.5, 0.6) is 0 Å². The smallest absolute Gasteiger partial charge is 0.223 e. The minimum absolute atomic E-state index is 0.106. The van der Waals surface area contributed by atoms with E-state index in [1.165, 1.54) is 0 Å². The van der Waals surface area contributed by atoms with Crippen molar-refractivity contribution >= 4 is 29.3 Å². The van der Waals surface area contributed by atoms with Crippen LogP contribution < -0.4 is 0 Å². The van der Waals surface area contributed by atoms with Crippen LogP contribution >= 0.6 is 23.4 Å². The summed E-state index contributed by atoms with van der Waals surface area (Å²) in [6, 6.07) is 7.64. The minimum atomic E-state index is -0.689. The van der Waals surface area contributed by atoms with E-state index in [1.54, 1.807) is 16.7 Å². The van der Waals surface area contributed by atoms with E-state index < -0.39 is 5.60 Å². The van der Waals surface area contributed by atoms with E-state index in [0.717, 1.165) is 9.92 Å². The Bertz CT molecular complexity index is 487. The highest BCUT2D eigenvalue weighted by Gasteiger charge is 2.45. The Hall–Kier alpha value is -0.710. The predicted molar refractivity (Wildman–Crippen MR) is 83.2 cm³/mol. The first-order valence-electron chi connectivity index (χ1n) is 6.80. The van der Waals surface area contributed by atoms with Gasteiger partial charge in [-0.1, -0.05) is 37.6 Å². The van der Waals surface area contributed by atoms with Crippen molar-refractivity contribution in [2.45, 2.75) is 30.8 Å². The molecule has 1 fully saturated rings. The summed E-state index contributed by atoms with van der Waals surface area (Å²) in [6.45, 7) is 4.88. The van der Waals surface area contributed by atoms with Crippen LogP contribution in [0.1, 0.15) is 20.3 Å². The molecule has 0 atom stereocenters. The number of halogens is 1. The van der Waals surface area contributed by atoms with E-state index in [1.807, 2.05) is 38.1 Å². The third-order valence-corrected chi connectivity index (χ3v) is 5.28. The lowest BCUT2D eigenvalue weighted by molar-refractivity contribution is -0.163. The monoisotopic (exact) mass is 313 g/mol. The van der Waals surface area contributed by atoms with Gasteiger partial charge in [0.25, 0.3) is 0 Å². The fourth-order valence-corrected chi connectivity index (χ4v) is 3.30. The van der Waals surface area contributed by atoms with E-state index in [2.05, 4.69) is 0 Å². The molecule has 0 unspecified atom stereocenters. The molecule has 0 bridgehead atoms. The van der Waals surface area contributed by atoms with Crippen molar-refractivity contribution in [1.82, 2.24) is 4.90 Å². The molecule has 20 heavy (non-hydrogen) atoms. The number of hydrogen-bond donors (Lipinski definition) is 1. The lowest BCUT2D eigenvalue weighted by Crippen LogP contribution is -2.66. The molecule has 0 saturated carbocycles. The average Bonchev–Trinajstić information content (AvgIpc) is 2.36. The van der Waals surface area contributed by atoms with Gasteiger partial charge in [0.15, 0.2) is 0 Å². The Kier molecular flexibility index (Phi) is 4.99. The summed E-state index contributed by atoms with van der Waals surface area (Å²) in [5.41, 5.74) is -0.689. The highest BCUT2D eigenvalue weighted by molar-refractivity contribution is 7.99. The van der Waals surface area contributed by atoms with Crippen molar-refractivity contribution in [3.63, 3.8) is 0 Å². The lowest BCUT2D eigenvalue weighted by Gasteiger charge is -2.49. The average molecular weight is 314 g/mol. The molecule has 1 aliphatic rings. The van der Waals surface area contributed by atoms with Crippen LogP contribution in [0.3, 0.4) is 0 Å². The summed E-state index contributed by atoms with van der Waals surface area (Å²) >= 11 is 7.66. The van der Waals surface area contributed by atoms with E-state index in [9.17, 15) is 9.90 Å². The Morgan fingerprint density at radius 3 is 2.70 bits per heavy atom. The Balaban J connectivity index is 1.74. The second kappa shape index (κ2) is 6.37. The van der Waals surface area contributed by atoms with E-state index in [4.69, 9.17) is 11.6 Å². The third kappa shape index (κ3) is 3.48. The molecule has 5 heteroatoms. The van der Waals surface area contributed by atoms with Gasteiger partial charge in [-0.15, -0.1) is 11.8 Å². The fraction of sp³-hybridized carbons (Fsp3) is 0.533. The Labute approximate surface area is 129 Å². The van der Waals surface area contributed by atoms with Crippen molar-refractivity contribution in [3.05, 3.63) is 29.3 Å².